The zero-order chi connectivity index (χ0) is 73.2. The summed E-state index contributed by atoms with van der Waals surface area (Å²) in [6.07, 6.45) is 19.5. The summed E-state index contributed by atoms with van der Waals surface area (Å²) in [7, 11) is 1.43. The van der Waals surface area contributed by atoms with Gasteiger partial charge in [0, 0.05) is 103 Å². The Balaban J connectivity index is 0.000000236. The predicted molar refractivity (Wildman–Crippen MR) is 402 cm³/mol. The van der Waals surface area contributed by atoms with Gasteiger partial charge in [-0.25, -0.2) is 28.9 Å². The van der Waals surface area contributed by atoms with Gasteiger partial charge in [0.1, 0.15) is 24.4 Å². The minimum absolute atomic E-state index is 0.0328. The molecule has 540 valence electrons. The summed E-state index contributed by atoms with van der Waals surface area (Å²) in [5.41, 5.74) is 8.76. The van der Waals surface area contributed by atoms with Crippen LogP contribution in [0.1, 0.15) is 147 Å². The van der Waals surface area contributed by atoms with Gasteiger partial charge in [0.05, 0.1) is 36.5 Å². The third-order valence-electron chi connectivity index (χ3n) is 16.4. The molecule has 2 atom stereocenters. The van der Waals surface area contributed by atoms with Crippen LogP contribution in [0.4, 0.5) is 9.59 Å². The Morgan fingerprint density at radius 2 is 1.02 bits per heavy atom. The summed E-state index contributed by atoms with van der Waals surface area (Å²) in [5, 5.41) is 36.9. The molecule has 4 amide bonds. The standard InChI is InChI=1S/C39H47N5O5.C33H44BN5O7.C6H5Br/c1-6-32(28-13-8-7-9-14-28)37(29-17-19-33-31(25-29)27-42-44(33)36-16-10-11-23-48-36)30-18-20-35(41-26-30)47-24-22-43(21-12-15-34(45)40-5)38(46)49-39(2,3)4;1-6-26(34(42)43)31(23-12-14-27-25(20-23)22-37-39(27)30-11-7-8-18-45-30)24-13-15-29(36-21-24)44-19-17-38(16-9-10-28(40)35-5)32(41)46-33(2,3)4;7-6-4-2-1-3-5-6/h7-9,12-15,17-20,25-27,36H,6,10-11,16,21-24H2,1-5H3,(H,40,45);9-10,12-15,20-22,30,42-43H,6-8,11,16-19H2,1-5H3,(H,35,40);1-5H/b15-12+,37-32-;10-9+,31-26-;. The molecular weight excluding hydrogens is 1360 g/mol. The van der Waals surface area contributed by atoms with Crippen LogP contribution in [-0.4, -0.2) is 158 Å². The third-order valence-corrected chi connectivity index (χ3v) is 16.9. The van der Waals surface area contributed by atoms with E-state index >= 15 is 0 Å². The minimum atomic E-state index is -1.65. The van der Waals surface area contributed by atoms with Gasteiger partial charge >= 0.3 is 19.3 Å². The molecular formula is C78H96BBrN10O12. The van der Waals surface area contributed by atoms with Crippen molar-refractivity contribution in [3.8, 4) is 11.8 Å². The van der Waals surface area contributed by atoms with E-state index in [9.17, 15) is 29.2 Å². The number of ether oxygens (including phenoxy) is 6. The molecule has 0 spiro atoms. The smallest absolute Gasteiger partial charge is 0.476 e. The number of fused-ring (bicyclic) bond motifs is 2. The van der Waals surface area contributed by atoms with Crippen molar-refractivity contribution in [2.75, 3.05) is 66.7 Å². The van der Waals surface area contributed by atoms with E-state index in [1.165, 1.54) is 34.6 Å². The summed E-state index contributed by atoms with van der Waals surface area (Å²) in [5.74, 6) is 0.248. The number of pyridine rings is 2. The Kier molecular flexibility index (Phi) is 29.6. The van der Waals surface area contributed by atoms with Gasteiger partial charge in [-0.3, -0.25) is 9.59 Å². The number of amides is 4. The van der Waals surface area contributed by atoms with Gasteiger partial charge < -0.3 is 58.9 Å². The Hall–Kier alpha value is -9.46. The molecule has 2 aliphatic heterocycles. The Morgan fingerprint density at radius 1 is 0.578 bits per heavy atom. The molecule has 0 aliphatic carbocycles. The number of rotatable bonds is 24. The molecule has 0 saturated carbocycles. The van der Waals surface area contributed by atoms with Gasteiger partial charge in [-0.05, 0) is 180 Å². The van der Waals surface area contributed by atoms with Crippen LogP contribution in [0.25, 0.3) is 38.5 Å². The van der Waals surface area contributed by atoms with E-state index in [1.807, 2.05) is 122 Å². The van der Waals surface area contributed by atoms with Gasteiger partial charge in [-0.2, -0.15) is 10.2 Å². The van der Waals surface area contributed by atoms with Crippen LogP contribution < -0.4 is 20.1 Å². The average molecular weight is 1460 g/mol. The highest BCUT2D eigenvalue weighted by atomic mass is 79.9. The van der Waals surface area contributed by atoms with Crippen LogP contribution >= 0.6 is 15.9 Å². The summed E-state index contributed by atoms with van der Waals surface area (Å²) < 4.78 is 39.9. The highest BCUT2D eigenvalue weighted by Crippen LogP contribution is 2.38. The van der Waals surface area contributed by atoms with Crippen molar-refractivity contribution < 1.29 is 57.6 Å². The molecule has 22 nitrogen and oxygen atoms in total. The number of hydrogen-bond donors (Lipinski definition) is 4. The molecule has 2 unspecified atom stereocenters. The molecule has 24 heteroatoms. The first-order chi connectivity index (χ1) is 49.1. The molecule has 0 bridgehead atoms. The van der Waals surface area contributed by atoms with Crippen LogP contribution in [0, 0.1) is 0 Å². The van der Waals surface area contributed by atoms with Crippen molar-refractivity contribution in [3.63, 3.8) is 0 Å². The van der Waals surface area contributed by atoms with E-state index in [2.05, 4.69) is 91.0 Å². The highest BCUT2D eigenvalue weighted by Gasteiger charge is 2.27. The number of nitrogens with one attached hydrogen (secondary N) is 2. The molecule has 2 aliphatic rings. The molecule has 102 heavy (non-hydrogen) atoms. The van der Waals surface area contributed by atoms with Crippen molar-refractivity contribution in [2.45, 2.75) is 130 Å². The van der Waals surface area contributed by atoms with E-state index in [0.29, 0.717) is 34.8 Å². The molecule has 10 rings (SSSR count). The summed E-state index contributed by atoms with van der Waals surface area (Å²) >= 11 is 3.31. The van der Waals surface area contributed by atoms with Gasteiger partial charge in [-0.15, -0.1) is 0 Å². The lowest BCUT2D eigenvalue weighted by Gasteiger charge is -2.26. The molecule has 8 aromatic rings. The topological polar surface area (TPSA) is 256 Å². The maximum atomic E-state index is 12.9. The van der Waals surface area contributed by atoms with Crippen LogP contribution in [0.5, 0.6) is 11.8 Å². The normalized spacial score (nSPS) is 15.2. The monoisotopic (exact) mass is 1450 g/mol. The summed E-state index contributed by atoms with van der Waals surface area (Å²) in [6.45, 7) is 17.4. The predicted octanol–water partition coefficient (Wildman–Crippen LogP) is 14.1. The van der Waals surface area contributed by atoms with Crippen molar-refractivity contribution in [1.29, 1.82) is 0 Å². The second kappa shape index (κ2) is 38.5. The quantitative estimate of drug-likeness (QED) is 0.0249. The van der Waals surface area contributed by atoms with E-state index in [-0.39, 0.29) is 63.7 Å². The number of aromatic nitrogens is 6. The lowest BCUT2D eigenvalue weighted by atomic mass is 9.72. The number of hydrogen-bond acceptors (Lipinski definition) is 16. The van der Waals surface area contributed by atoms with Gasteiger partial charge in [0.25, 0.3) is 0 Å². The average Bonchev–Trinajstić information content (AvgIpc) is 1.51. The number of nitrogens with zero attached hydrogens (tertiary/aromatic N) is 8. The van der Waals surface area contributed by atoms with Gasteiger partial charge in [-0.1, -0.05) is 103 Å². The molecule has 2 fully saturated rings. The number of halogens is 1. The number of allylic oxidation sites excluding steroid dienone is 2. The van der Waals surface area contributed by atoms with E-state index in [0.717, 1.165) is 112 Å². The lowest BCUT2D eigenvalue weighted by molar-refractivity contribution is -0.116. The zero-order valence-corrected chi connectivity index (χ0v) is 61.7. The lowest BCUT2D eigenvalue weighted by Crippen LogP contribution is -2.39. The minimum Gasteiger partial charge on any atom is -0.476 e. The third kappa shape index (κ3) is 23.3. The number of benzene rings is 4. The van der Waals surface area contributed by atoms with E-state index in [4.69, 9.17) is 33.5 Å². The van der Waals surface area contributed by atoms with Crippen molar-refractivity contribution in [3.05, 3.63) is 208 Å². The first kappa shape index (κ1) is 78.3. The first-order valence-corrected chi connectivity index (χ1v) is 35.5. The van der Waals surface area contributed by atoms with Gasteiger partial charge in [0.2, 0.25) is 23.6 Å². The molecule has 4 N–H and O–H groups in total. The largest absolute Gasteiger partial charge is 0.484 e. The van der Waals surface area contributed by atoms with Gasteiger partial charge in [0.15, 0.2) is 12.5 Å². The molecule has 6 heterocycles. The first-order valence-electron chi connectivity index (χ1n) is 34.7. The molecule has 2 saturated heterocycles. The zero-order valence-electron chi connectivity index (χ0n) is 60.1. The van der Waals surface area contributed by atoms with Crippen LogP contribution in [-0.2, 0) is 28.5 Å². The van der Waals surface area contributed by atoms with Crippen LogP contribution in [0.2, 0.25) is 0 Å². The second-order valence-electron chi connectivity index (χ2n) is 26.2. The molecule has 4 aromatic carbocycles. The Bertz CT molecular complexity index is 4140. The fraction of sp³-hybridized carbons (Fsp3) is 0.385. The highest BCUT2D eigenvalue weighted by molar-refractivity contribution is 9.10. The van der Waals surface area contributed by atoms with Crippen molar-refractivity contribution >= 4 is 85.6 Å². The van der Waals surface area contributed by atoms with Crippen LogP contribution in [0.3, 0.4) is 0 Å². The Morgan fingerprint density at radius 3 is 1.39 bits per heavy atom. The Labute approximate surface area is 607 Å². The fourth-order valence-electron chi connectivity index (χ4n) is 11.5. The summed E-state index contributed by atoms with van der Waals surface area (Å²) in [4.78, 5) is 60.9. The second-order valence-corrected chi connectivity index (χ2v) is 27.1. The molecule has 4 aromatic heterocycles. The maximum Gasteiger partial charge on any atom is 0.484 e. The number of likely N-dealkylation sites (N-methyl/N-ethyl adjacent to an activating group) is 2. The maximum absolute atomic E-state index is 12.9. The van der Waals surface area contributed by atoms with Crippen LogP contribution in [0.15, 0.2) is 180 Å². The molecule has 0 radical (unpaired) electrons. The fourth-order valence-corrected chi connectivity index (χ4v) is 11.8. The van der Waals surface area contributed by atoms with Crippen molar-refractivity contribution in [2.24, 2.45) is 0 Å². The van der Waals surface area contributed by atoms with E-state index in [1.54, 1.807) is 58.4 Å². The number of carbonyl (C=O) groups is 4. The number of carbonyl (C=O) groups excluding carboxylic acids is 4. The SMILES string of the molecule is Brc1ccccc1.CC/C(=C(/c1ccc(OCCN(C/C=C/C(=O)NC)C(=O)OC(C)(C)C)nc1)c1ccc2c(cnn2C2CCCCO2)c1)c1ccccc1.CC/C(B(O)O)=C(/c1ccc(OCCN(C/C=C/C(=O)NC)C(=O)OC(C)(C)C)nc1)c1ccc2c(cnn2C2CCCCO2)c1. The van der Waals surface area contributed by atoms with E-state index < -0.39 is 30.5 Å². The van der Waals surface area contributed by atoms with Crippen molar-refractivity contribution in [1.82, 2.24) is 50.0 Å². The summed E-state index contributed by atoms with van der Waals surface area (Å²) in [6, 6.07) is 40.2.